The number of benzene rings is 1. The normalized spacial score (nSPS) is 24.0. The summed E-state index contributed by atoms with van der Waals surface area (Å²) in [6.45, 7) is 0.471. The Kier molecular flexibility index (Phi) is 3.90. The summed E-state index contributed by atoms with van der Waals surface area (Å²) in [7, 11) is 1.63. The van der Waals surface area contributed by atoms with Crippen molar-refractivity contribution in [1.29, 1.82) is 0 Å². The standard InChI is InChI=1S/C16H16ClFN2O3/c1-20-8-9-3-2-4-11(9)16(20,15(22)23)14(21)19-10-5-6-13(18)12(17)7-10/h5-7H,2-4,8H2,1H3,(H,19,21)(H,22,23). The number of carboxylic acids is 1. The van der Waals surface area contributed by atoms with Crippen molar-refractivity contribution in [3.63, 3.8) is 0 Å². The van der Waals surface area contributed by atoms with Gasteiger partial charge in [-0.25, -0.2) is 9.18 Å². The number of rotatable bonds is 3. The van der Waals surface area contributed by atoms with Crippen molar-refractivity contribution < 1.29 is 19.1 Å². The first-order valence-electron chi connectivity index (χ1n) is 7.30. The molecule has 1 amide bonds. The summed E-state index contributed by atoms with van der Waals surface area (Å²) in [6.07, 6.45) is 2.29. The third kappa shape index (κ3) is 2.33. The number of aliphatic carboxylic acids is 1. The van der Waals surface area contributed by atoms with Crippen LogP contribution >= 0.6 is 11.6 Å². The van der Waals surface area contributed by atoms with Gasteiger partial charge in [0.1, 0.15) is 5.82 Å². The largest absolute Gasteiger partial charge is 0.479 e. The molecule has 0 saturated heterocycles. The number of hydrogen-bond acceptors (Lipinski definition) is 3. The van der Waals surface area contributed by atoms with Gasteiger partial charge in [0.25, 0.3) is 5.91 Å². The van der Waals surface area contributed by atoms with Crippen LogP contribution < -0.4 is 5.32 Å². The second kappa shape index (κ2) is 5.62. The molecule has 1 atom stereocenters. The van der Waals surface area contributed by atoms with Gasteiger partial charge in [0.15, 0.2) is 0 Å². The summed E-state index contributed by atoms with van der Waals surface area (Å²) in [5, 5.41) is 12.2. The molecule has 3 rings (SSSR count). The minimum absolute atomic E-state index is 0.132. The predicted molar refractivity (Wildman–Crippen MR) is 83.9 cm³/mol. The maximum absolute atomic E-state index is 13.2. The molecule has 2 N–H and O–H groups in total. The maximum atomic E-state index is 13.2. The molecular formula is C16H16ClFN2O3. The average Bonchev–Trinajstić information content (AvgIpc) is 3.01. The van der Waals surface area contributed by atoms with Crippen LogP contribution in [-0.4, -0.2) is 41.0 Å². The fourth-order valence-corrected chi connectivity index (χ4v) is 3.73. The molecule has 122 valence electrons. The first-order chi connectivity index (χ1) is 10.9. The highest BCUT2D eigenvalue weighted by molar-refractivity contribution is 6.31. The Morgan fingerprint density at radius 2 is 2.13 bits per heavy atom. The van der Waals surface area contributed by atoms with Crippen molar-refractivity contribution in [3.8, 4) is 0 Å². The van der Waals surface area contributed by atoms with Crippen LogP contribution in [-0.2, 0) is 9.59 Å². The van der Waals surface area contributed by atoms with Crippen molar-refractivity contribution in [3.05, 3.63) is 40.2 Å². The SMILES string of the molecule is CN1CC2=C(CCC2)C1(C(=O)O)C(=O)Nc1ccc(F)c(Cl)c1. The average molecular weight is 339 g/mol. The number of hydrogen-bond donors (Lipinski definition) is 2. The molecule has 1 aliphatic heterocycles. The van der Waals surface area contributed by atoms with E-state index in [9.17, 15) is 19.1 Å². The highest BCUT2D eigenvalue weighted by Gasteiger charge is 2.58. The Morgan fingerprint density at radius 3 is 2.78 bits per heavy atom. The quantitative estimate of drug-likeness (QED) is 0.656. The van der Waals surface area contributed by atoms with E-state index in [0.717, 1.165) is 24.5 Å². The number of carboxylic acid groups (broad SMARTS) is 1. The van der Waals surface area contributed by atoms with Crippen LogP contribution in [0.3, 0.4) is 0 Å². The van der Waals surface area contributed by atoms with E-state index in [4.69, 9.17) is 11.6 Å². The minimum atomic E-state index is -1.70. The fraction of sp³-hybridized carbons (Fsp3) is 0.375. The van der Waals surface area contributed by atoms with E-state index in [2.05, 4.69) is 5.32 Å². The monoisotopic (exact) mass is 338 g/mol. The zero-order valence-corrected chi connectivity index (χ0v) is 13.3. The van der Waals surface area contributed by atoms with Crippen LogP contribution in [0.15, 0.2) is 29.3 Å². The smallest absolute Gasteiger partial charge is 0.338 e. The van der Waals surface area contributed by atoms with Crippen LogP contribution in [0.2, 0.25) is 5.02 Å². The molecule has 7 heteroatoms. The van der Waals surface area contributed by atoms with Gasteiger partial charge in [-0.05, 0) is 50.1 Å². The van der Waals surface area contributed by atoms with E-state index in [1.54, 1.807) is 11.9 Å². The van der Waals surface area contributed by atoms with E-state index >= 15 is 0 Å². The summed E-state index contributed by atoms with van der Waals surface area (Å²) >= 11 is 5.71. The van der Waals surface area contributed by atoms with Gasteiger partial charge < -0.3 is 10.4 Å². The molecule has 1 unspecified atom stereocenters. The lowest BCUT2D eigenvalue weighted by atomic mass is 9.88. The number of halogens is 2. The summed E-state index contributed by atoms with van der Waals surface area (Å²) < 4.78 is 13.2. The summed E-state index contributed by atoms with van der Waals surface area (Å²) in [6, 6.07) is 3.75. The zero-order valence-electron chi connectivity index (χ0n) is 12.5. The number of nitrogens with zero attached hydrogens (tertiary/aromatic N) is 1. The van der Waals surface area contributed by atoms with Crippen molar-refractivity contribution in [1.82, 2.24) is 4.90 Å². The third-order valence-electron chi connectivity index (χ3n) is 4.59. The summed E-state index contributed by atoms with van der Waals surface area (Å²) in [5.41, 5.74) is 0.273. The Balaban J connectivity index is 1.97. The van der Waals surface area contributed by atoms with Crippen LogP contribution in [0.25, 0.3) is 0 Å². The van der Waals surface area contributed by atoms with Crippen LogP contribution in [0.4, 0.5) is 10.1 Å². The molecule has 0 radical (unpaired) electrons. The molecule has 5 nitrogen and oxygen atoms in total. The van der Waals surface area contributed by atoms with Gasteiger partial charge >= 0.3 is 5.97 Å². The number of likely N-dealkylation sites (N-methyl/N-ethyl adjacent to an activating group) is 1. The first kappa shape index (κ1) is 16.0. The zero-order chi connectivity index (χ0) is 16.8. The van der Waals surface area contributed by atoms with Gasteiger partial charge in [-0.15, -0.1) is 0 Å². The highest BCUT2D eigenvalue weighted by Crippen LogP contribution is 2.44. The van der Waals surface area contributed by atoms with Crippen molar-refractivity contribution in [2.75, 3.05) is 18.9 Å². The van der Waals surface area contributed by atoms with Crippen LogP contribution in [0, 0.1) is 5.82 Å². The summed E-state index contributed by atoms with van der Waals surface area (Å²) in [4.78, 5) is 26.4. The Labute approximate surface area is 137 Å². The minimum Gasteiger partial charge on any atom is -0.479 e. The Morgan fingerprint density at radius 1 is 1.39 bits per heavy atom. The predicted octanol–water partition coefficient (Wildman–Crippen LogP) is 2.67. The lowest BCUT2D eigenvalue weighted by molar-refractivity contribution is -0.152. The molecule has 0 aromatic heterocycles. The van der Waals surface area contributed by atoms with Crippen LogP contribution in [0.1, 0.15) is 19.3 Å². The van der Waals surface area contributed by atoms with Gasteiger partial charge in [-0.2, -0.15) is 0 Å². The molecule has 0 spiro atoms. The Bertz CT molecular complexity index is 734. The van der Waals surface area contributed by atoms with Gasteiger partial charge in [0.2, 0.25) is 5.54 Å². The molecule has 23 heavy (non-hydrogen) atoms. The molecule has 1 aliphatic carbocycles. The molecule has 0 bridgehead atoms. The van der Waals surface area contributed by atoms with E-state index < -0.39 is 23.2 Å². The highest BCUT2D eigenvalue weighted by atomic mass is 35.5. The molecular weight excluding hydrogens is 323 g/mol. The van der Waals surface area contributed by atoms with E-state index in [1.165, 1.54) is 12.1 Å². The second-order valence-corrected chi connectivity index (χ2v) is 6.30. The molecule has 0 saturated carbocycles. The van der Waals surface area contributed by atoms with Gasteiger partial charge in [0.05, 0.1) is 5.02 Å². The molecule has 2 aliphatic rings. The number of amides is 1. The number of carbonyl (C=O) groups excluding carboxylic acids is 1. The van der Waals surface area contributed by atoms with Gasteiger partial charge in [-0.1, -0.05) is 17.2 Å². The Hall–Kier alpha value is -1.92. The number of nitrogens with one attached hydrogen (secondary N) is 1. The number of likely N-dealkylation sites (tertiary alicyclic amines) is 1. The molecule has 1 aromatic rings. The lowest BCUT2D eigenvalue weighted by Gasteiger charge is -2.33. The van der Waals surface area contributed by atoms with E-state index in [1.807, 2.05) is 0 Å². The van der Waals surface area contributed by atoms with Crippen molar-refractivity contribution in [2.45, 2.75) is 24.8 Å². The topological polar surface area (TPSA) is 69.6 Å². The lowest BCUT2D eigenvalue weighted by Crippen LogP contribution is -2.59. The molecule has 1 aromatic carbocycles. The van der Waals surface area contributed by atoms with Gasteiger partial charge in [-0.3, -0.25) is 9.69 Å². The van der Waals surface area contributed by atoms with Crippen LogP contribution in [0.5, 0.6) is 0 Å². The number of anilines is 1. The maximum Gasteiger partial charge on any atom is 0.338 e. The van der Waals surface area contributed by atoms with Gasteiger partial charge in [0, 0.05) is 12.2 Å². The first-order valence-corrected chi connectivity index (χ1v) is 7.67. The number of carbonyl (C=O) groups is 2. The van der Waals surface area contributed by atoms with Crippen molar-refractivity contribution >= 4 is 29.2 Å². The summed E-state index contributed by atoms with van der Waals surface area (Å²) in [5.74, 6) is -2.45. The third-order valence-corrected chi connectivity index (χ3v) is 4.87. The second-order valence-electron chi connectivity index (χ2n) is 5.89. The van der Waals surface area contributed by atoms with E-state index in [-0.39, 0.29) is 10.7 Å². The fourth-order valence-electron chi connectivity index (χ4n) is 3.55. The van der Waals surface area contributed by atoms with Crippen molar-refractivity contribution in [2.24, 2.45) is 0 Å². The molecule has 0 fully saturated rings. The molecule has 1 heterocycles. The van der Waals surface area contributed by atoms with E-state index in [0.29, 0.717) is 18.5 Å².